The second-order valence-electron chi connectivity index (χ2n) is 10.5. The van der Waals surface area contributed by atoms with Crippen molar-refractivity contribution in [1.29, 1.82) is 0 Å². The van der Waals surface area contributed by atoms with Gasteiger partial charge < -0.3 is 9.88 Å². The van der Waals surface area contributed by atoms with Crippen molar-refractivity contribution in [3.05, 3.63) is 106 Å². The third-order valence-corrected chi connectivity index (χ3v) is 7.43. The van der Waals surface area contributed by atoms with Crippen molar-refractivity contribution in [3.63, 3.8) is 0 Å². The summed E-state index contributed by atoms with van der Waals surface area (Å²) in [6, 6.07) is 16.1. The molecular formula is C31H31ClF4N2O. The van der Waals surface area contributed by atoms with E-state index in [1.54, 1.807) is 18.3 Å². The molecule has 4 aromatic rings. The Morgan fingerprint density at radius 2 is 1.69 bits per heavy atom. The molecule has 0 aliphatic carbocycles. The lowest BCUT2D eigenvalue weighted by Crippen LogP contribution is -2.33. The summed E-state index contributed by atoms with van der Waals surface area (Å²) in [5.41, 5.74) is 1.80. The van der Waals surface area contributed by atoms with Crippen LogP contribution in [0.25, 0.3) is 10.9 Å². The number of aromatic amines is 1. The van der Waals surface area contributed by atoms with E-state index in [-0.39, 0.29) is 35.5 Å². The average Bonchev–Trinajstić information content (AvgIpc) is 3.34. The maximum Gasteiger partial charge on any atom is 0.416 e. The predicted octanol–water partition coefficient (Wildman–Crippen LogP) is 8.94. The van der Waals surface area contributed by atoms with E-state index in [4.69, 9.17) is 11.6 Å². The summed E-state index contributed by atoms with van der Waals surface area (Å²) in [5.74, 6) is -1.43. The van der Waals surface area contributed by atoms with E-state index in [2.05, 4.69) is 25.8 Å². The zero-order chi connectivity index (χ0) is 28.4. The number of rotatable bonds is 9. The number of aromatic nitrogens is 1. The molecule has 1 N–H and O–H groups in total. The summed E-state index contributed by atoms with van der Waals surface area (Å²) in [6.07, 6.45) is -0.643. The maximum absolute atomic E-state index is 15.2. The van der Waals surface area contributed by atoms with Crippen molar-refractivity contribution in [2.75, 3.05) is 6.54 Å². The fourth-order valence-corrected chi connectivity index (χ4v) is 5.19. The van der Waals surface area contributed by atoms with Crippen LogP contribution >= 0.6 is 11.6 Å². The number of hydrogen-bond donors (Lipinski definition) is 1. The van der Waals surface area contributed by atoms with Gasteiger partial charge in [-0.1, -0.05) is 81.3 Å². The summed E-state index contributed by atoms with van der Waals surface area (Å²) < 4.78 is 55.0. The topological polar surface area (TPSA) is 36.1 Å². The van der Waals surface area contributed by atoms with E-state index in [0.717, 1.165) is 30.5 Å². The van der Waals surface area contributed by atoms with Crippen LogP contribution in [0, 0.1) is 5.82 Å². The molecule has 0 atom stereocenters. The Balaban J connectivity index is 1.67. The van der Waals surface area contributed by atoms with Crippen LogP contribution < -0.4 is 0 Å². The number of halogens is 5. The van der Waals surface area contributed by atoms with Gasteiger partial charge in [0, 0.05) is 24.7 Å². The highest BCUT2D eigenvalue weighted by atomic mass is 35.5. The molecule has 0 unspecified atom stereocenters. The fraction of sp³-hybridized carbons (Fsp3) is 0.323. The molecule has 0 aliphatic heterocycles. The van der Waals surface area contributed by atoms with Crippen LogP contribution in [0.4, 0.5) is 17.6 Å². The molecule has 1 heterocycles. The van der Waals surface area contributed by atoms with Crippen LogP contribution in [0.2, 0.25) is 5.02 Å². The Morgan fingerprint density at radius 3 is 2.36 bits per heavy atom. The largest absolute Gasteiger partial charge is 0.416 e. The predicted molar refractivity (Wildman–Crippen MR) is 148 cm³/mol. The Hall–Kier alpha value is -3.32. The number of carbonyl (C=O) groups is 1. The van der Waals surface area contributed by atoms with Crippen LogP contribution in [-0.2, 0) is 24.6 Å². The molecule has 206 valence electrons. The van der Waals surface area contributed by atoms with Crippen molar-refractivity contribution >= 4 is 28.4 Å². The number of hydrogen-bond acceptors (Lipinski definition) is 1. The number of H-pyrrole nitrogens is 1. The maximum atomic E-state index is 15.2. The molecule has 0 bridgehead atoms. The van der Waals surface area contributed by atoms with Gasteiger partial charge in [-0.05, 0) is 53.1 Å². The van der Waals surface area contributed by atoms with Crippen LogP contribution in [0.3, 0.4) is 0 Å². The summed E-state index contributed by atoms with van der Waals surface area (Å²) in [5, 5.41) is 0.413. The fourth-order valence-electron chi connectivity index (χ4n) is 4.98. The Bertz CT molecular complexity index is 1460. The normalized spacial score (nSPS) is 12.2. The third kappa shape index (κ3) is 6.47. The number of amides is 1. The van der Waals surface area contributed by atoms with Crippen molar-refractivity contribution in [3.8, 4) is 0 Å². The van der Waals surface area contributed by atoms with E-state index >= 15 is 4.39 Å². The lowest BCUT2D eigenvalue weighted by molar-refractivity contribution is -0.137. The zero-order valence-electron chi connectivity index (χ0n) is 22.1. The van der Waals surface area contributed by atoms with Gasteiger partial charge in [0.15, 0.2) is 5.82 Å². The number of benzene rings is 3. The molecule has 0 radical (unpaired) electrons. The van der Waals surface area contributed by atoms with Gasteiger partial charge in [0.05, 0.1) is 16.1 Å². The Kier molecular flexibility index (Phi) is 8.40. The van der Waals surface area contributed by atoms with Crippen molar-refractivity contribution < 1.29 is 22.4 Å². The molecule has 0 saturated carbocycles. The smallest absolute Gasteiger partial charge is 0.360 e. The summed E-state index contributed by atoms with van der Waals surface area (Å²) in [6.45, 7) is 6.73. The first-order chi connectivity index (χ1) is 18.4. The minimum atomic E-state index is -4.47. The molecule has 1 amide bonds. The summed E-state index contributed by atoms with van der Waals surface area (Å²) in [4.78, 5) is 18.2. The van der Waals surface area contributed by atoms with Gasteiger partial charge in [-0.15, -0.1) is 0 Å². The molecule has 0 spiro atoms. The van der Waals surface area contributed by atoms with Gasteiger partial charge in [-0.25, -0.2) is 4.39 Å². The number of fused-ring (bicyclic) bond motifs is 1. The number of nitrogens with one attached hydrogen (secondary N) is 1. The minimum absolute atomic E-state index is 0.00454. The van der Waals surface area contributed by atoms with Crippen LogP contribution in [-0.4, -0.2) is 22.3 Å². The quantitative estimate of drug-likeness (QED) is 0.204. The molecule has 3 aromatic carbocycles. The molecule has 0 aliphatic rings. The van der Waals surface area contributed by atoms with E-state index in [1.807, 2.05) is 24.3 Å². The SMILES string of the molecule is CCCC(C)(C)c1ccc(CN(CCc2cccc(C(F)(F)F)c2)C(=O)c2c(F)c(Cl)cc3cc[nH]c23)cc1. The van der Waals surface area contributed by atoms with Gasteiger partial charge in [0.1, 0.15) is 5.56 Å². The van der Waals surface area contributed by atoms with Crippen LogP contribution in [0.1, 0.15) is 66.2 Å². The van der Waals surface area contributed by atoms with Gasteiger partial charge in [0.2, 0.25) is 0 Å². The monoisotopic (exact) mass is 558 g/mol. The first-order valence-electron chi connectivity index (χ1n) is 12.9. The van der Waals surface area contributed by atoms with Gasteiger partial charge in [-0.2, -0.15) is 13.2 Å². The molecule has 39 heavy (non-hydrogen) atoms. The highest BCUT2D eigenvalue weighted by Crippen LogP contribution is 2.32. The van der Waals surface area contributed by atoms with Gasteiger partial charge in [-0.3, -0.25) is 4.79 Å². The molecule has 0 fully saturated rings. The third-order valence-electron chi connectivity index (χ3n) is 7.15. The van der Waals surface area contributed by atoms with Gasteiger partial charge >= 0.3 is 6.18 Å². The zero-order valence-corrected chi connectivity index (χ0v) is 22.9. The number of alkyl halides is 3. The van der Waals surface area contributed by atoms with Crippen molar-refractivity contribution in [2.45, 2.75) is 58.2 Å². The molecule has 1 aromatic heterocycles. The molecule has 3 nitrogen and oxygen atoms in total. The molecule has 8 heteroatoms. The molecule has 4 rings (SSSR count). The number of carbonyl (C=O) groups excluding carboxylic acids is 1. The lowest BCUT2D eigenvalue weighted by Gasteiger charge is -2.26. The summed E-state index contributed by atoms with van der Waals surface area (Å²) in [7, 11) is 0. The lowest BCUT2D eigenvalue weighted by atomic mass is 9.80. The second-order valence-corrected chi connectivity index (χ2v) is 10.9. The Labute approximate surface area is 230 Å². The standard InChI is InChI=1S/C31H31ClF4N2O/c1-4-14-30(2,3)23-10-8-21(9-11-23)19-38(16-13-20-6-5-7-24(17-20)31(34,35)36)29(39)26-27(33)25(32)18-22-12-15-37-28(22)26/h5-12,15,17-18,37H,4,13-14,16,19H2,1-3H3. The highest BCUT2D eigenvalue weighted by Gasteiger charge is 2.31. The van der Waals surface area contributed by atoms with E-state index < -0.39 is 23.5 Å². The molecule has 0 saturated heterocycles. The van der Waals surface area contributed by atoms with Crippen molar-refractivity contribution in [1.82, 2.24) is 9.88 Å². The van der Waals surface area contributed by atoms with E-state index in [9.17, 15) is 18.0 Å². The first kappa shape index (κ1) is 28.7. The van der Waals surface area contributed by atoms with Crippen LogP contribution in [0.5, 0.6) is 0 Å². The average molecular weight is 559 g/mol. The Morgan fingerprint density at radius 1 is 0.974 bits per heavy atom. The number of nitrogens with zero attached hydrogens (tertiary/aromatic N) is 1. The second kappa shape index (κ2) is 11.4. The minimum Gasteiger partial charge on any atom is -0.360 e. The molecular weight excluding hydrogens is 528 g/mol. The first-order valence-corrected chi connectivity index (χ1v) is 13.3. The van der Waals surface area contributed by atoms with Crippen LogP contribution in [0.15, 0.2) is 66.9 Å². The highest BCUT2D eigenvalue weighted by molar-refractivity contribution is 6.32. The summed E-state index contributed by atoms with van der Waals surface area (Å²) >= 11 is 6.11. The van der Waals surface area contributed by atoms with Crippen molar-refractivity contribution in [2.24, 2.45) is 0 Å². The van der Waals surface area contributed by atoms with E-state index in [0.29, 0.717) is 16.5 Å². The van der Waals surface area contributed by atoms with Gasteiger partial charge in [0.25, 0.3) is 5.91 Å². The van der Waals surface area contributed by atoms with E-state index in [1.165, 1.54) is 22.6 Å².